The van der Waals surface area contributed by atoms with Crippen LogP contribution in [0, 0.1) is 0 Å². The van der Waals surface area contributed by atoms with E-state index in [4.69, 9.17) is 9.15 Å². The smallest absolute Gasteiger partial charge is 0.217 e. The standard InChI is InChI=1S/C11H17NO4S/c1-9-11(5-8-15-9)17(13,14)12-6-4-10-3-2-7-16-10/h2-3,7,9,11-12H,4-6,8H2,1H3/t9-,11-/m1/s1. The van der Waals surface area contributed by atoms with E-state index in [2.05, 4.69) is 4.72 Å². The van der Waals surface area contributed by atoms with Crippen molar-refractivity contribution in [1.29, 1.82) is 0 Å². The quantitative estimate of drug-likeness (QED) is 0.853. The minimum atomic E-state index is -3.28. The van der Waals surface area contributed by atoms with Crippen LogP contribution >= 0.6 is 0 Å². The summed E-state index contributed by atoms with van der Waals surface area (Å²) in [6, 6.07) is 3.62. The molecule has 0 bridgehead atoms. The highest BCUT2D eigenvalue weighted by Gasteiger charge is 2.35. The summed E-state index contributed by atoms with van der Waals surface area (Å²) in [5.41, 5.74) is 0. The molecule has 2 atom stereocenters. The van der Waals surface area contributed by atoms with Crippen LogP contribution in [0.25, 0.3) is 0 Å². The second-order valence-electron chi connectivity index (χ2n) is 4.17. The number of ether oxygens (including phenoxy) is 1. The van der Waals surface area contributed by atoms with Gasteiger partial charge in [-0.1, -0.05) is 0 Å². The van der Waals surface area contributed by atoms with Crippen molar-refractivity contribution in [2.45, 2.75) is 31.1 Å². The Morgan fingerprint density at radius 2 is 2.35 bits per heavy atom. The third-order valence-electron chi connectivity index (χ3n) is 2.96. The van der Waals surface area contributed by atoms with E-state index in [0.717, 1.165) is 5.76 Å². The first-order chi connectivity index (χ1) is 8.09. The van der Waals surface area contributed by atoms with Crippen molar-refractivity contribution in [3.63, 3.8) is 0 Å². The van der Waals surface area contributed by atoms with Gasteiger partial charge in [-0.25, -0.2) is 13.1 Å². The van der Waals surface area contributed by atoms with Crippen molar-refractivity contribution in [2.75, 3.05) is 13.2 Å². The van der Waals surface area contributed by atoms with Gasteiger partial charge in [0.15, 0.2) is 0 Å². The average molecular weight is 259 g/mol. The highest BCUT2D eigenvalue weighted by atomic mass is 32.2. The number of nitrogens with one attached hydrogen (secondary N) is 1. The number of furan rings is 1. The molecule has 1 saturated heterocycles. The summed E-state index contributed by atoms with van der Waals surface area (Å²) in [5, 5.41) is -0.431. The van der Waals surface area contributed by atoms with Gasteiger partial charge in [0.05, 0.1) is 12.4 Å². The van der Waals surface area contributed by atoms with Gasteiger partial charge in [0.2, 0.25) is 10.0 Å². The van der Waals surface area contributed by atoms with E-state index >= 15 is 0 Å². The van der Waals surface area contributed by atoms with Gasteiger partial charge in [-0.05, 0) is 25.5 Å². The highest BCUT2D eigenvalue weighted by molar-refractivity contribution is 7.90. The fourth-order valence-electron chi connectivity index (χ4n) is 2.00. The molecule has 1 N–H and O–H groups in total. The van der Waals surface area contributed by atoms with Gasteiger partial charge in [-0.15, -0.1) is 0 Å². The number of rotatable bonds is 5. The Hall–Kier alpha value is -0.850. The summed E-state index contributed by atoms with van der Waals surface area (Å²) >= 11 is 0. The molecule has 1 aromatic heterocycles. The maximum atomic E-state index is 11.9. The van der Waals surface area contributed by atoms with Gasteiger partial charge in [-0.3, -0.25) is 0 Å². The first kappa shape index (κ1) is 12.6. The molecule has 0 radical (unpaired) electrons. The zero-order valence-corrected chi connectivity index (χ0v) is 10.6. The Balaban J connectivity index is 1.85. The van der Waals surface area contributed by atoms with Crippen LogP contribution in [0.5, 0.6) is 0 Å². The summed E-state index contributed by atoms with van der Waals surface area (Å²) in [7, 11) is -3.28. The number of hydrogen-bond donors (Lipinski definition) is 1. The van der Waals surface area contributed by atoms with Gasteiger partial charge in [0.25, 0.3) is 0 Å². The molecule has 1 fully saturated rings. The second kappa shape index (κ2) is 5.20. The monoisotopic (exact) mass is 259 g/mol. The molecule has 1 aliphatic rings. The molecule has 0 aliphatic carbocycles. The van der Waals surface area contributed by atoms with Crippen molar-refractivity contribution in [2.24, 2.45) is 0 Å². The summed E-state index contributed by atoms with van der Waals surface area (Å²) < 4.78 is 36.9. The van der Waals surface area contributed by atoms with Gasteiger partial charge in [-0.2, -0.15) is 0 Å². The van der Waals surface area contributed by atoms with Crippen molar-refractivity contribution >= 4 is 10.0 Å². The molecule has 2 heterocycles. The highest BCUT2D eigenvalue weighted by Crippen LogP contribution is 2.19. The van der Waals surface area contributed by atoms with E-state index in [-0.39, 0.29) is 6.10 Å². The number of sulfonamides is 1. The molecule has 6 heteroatoms. The molecular weight excluding hydrogens is 242 g/mol. The van der Waals surface area contributed by atoms with Crippen LogP contribution < -0.4 is 4.72 Å². The SMILES string of the molecule is C[C@H]1OCC[C@H]1S(=O)(=O)NCCc1ccco1. The van der Waals surface area contributed by atoms with E-state index in [1.807, 2.05) is 6.07 Å². The molecule has 1 aromatic rings. The van der Waals surface area contributed by atoms with Crippen molar-refractivity contribution in [3.05, 3.63) is 24.2 Å². The Labute approximate surface area is 101 Å². The predicted molar refractivity (Wildman–Crippen MR) is 63.2 cm³/mol. The molecule has 5 nitrogen and oxygen atoms in total. The molecule has 2 rings (SSSR count). The van der Waals surface area contributed by atoms with E-state index in [0.29, 0.717) is 26.0 Å². The predicted octanol–water partition coefficient (Wildman–Crippen LogP) is 0.919. The zero-order valence-electron chi connectivity index (χ0n) is 9.76. The van der Waals surface area contributed by atoms with E-state index < -0.39 is 15.3 Å². The molecule has 1 aliphatic heterocycles. The lowest BCUT2D eigenvalue weighted by molar-refractivity contribution is 0.126. The lowest BCUT2D eigenvalue weighted by Crippen LogP contribution is -2.39. The Kier molecular flexibility index (Phi) is 3.86. The molecule has 96 valence electrons. The third-order valence-corrected chi connectivity index (χ3v) is 4.98. The fraction of sp³-hybridized carbons (Fsp3) is 0.636. The van der Waals surface area contributed by atoms with Gasteiger partial charge in [0.1, 0.15) is 11.0 Å². The van der Waals surface area contributed by atoms with Gasteiger partial charge in [0, 0.05) is 19.6 Å². The third kappa shape index (κ3) is 3.08. The molecule has 0 saturated carbocycles. The minimum absolute atomic E-state index is 0.226. The molecule has 0 amide bonds. The van der Waals surface area contributed by atoms with E-state index in [1.165, 1.54) is 0 Å². The normalized spacial score (nSPS) is 25.2. The first-order valence-electron chi connectivity index (χ1n) is 5.72. The summed E-state index contributed by atoms with van der Waals surface area (Å²) in [6.45, 7) is 2.67. The van der Waals surface area contributed by atoms with Crippen LogP contribution in [-0.2, 0) is 21.2 Å². The van der Waals surface area contributed by atoms with Crippen molar-refractivity contribution < 1.29 is 17.6 Å². The van der Waals surface area contributed by atoms with Gasteiger partial charge >= 0.3 is 0 Å². The maximum absolute atomic E-state index is 11.9. The molecule has 0 spiro atoms. The average Bonchev–Trinajstić information content (AvgIpc) is 2.88. The maximum Gasteiger partial charge on any atom is 0.217 e. The van der Waals surface area contributed by atoms with Crippen LogP contribution in [0.3, 0.4) is 0 Å². The lowest BCUT2D eigenvalue weighted by atomic mass is 10.3. The second-order valence-corrected chi connectivity index (χ2v) is 6.16. The fourth-order valence-corrected chi connectivity index (χ4v) is 3.59. The zero-order chi connectivity index (χ0) is 12.3. The van der Waals surface area contributed by atoms with Crippen LogP contribution in [0.4, 0.5) is 0 Å². The van der Waals surface area contributed by atoms with E-state index in [1.54, 1.807) is 19.3 Å². The summed E-state index contributed by atoms with van der Waals surface area (Å²) in [5.74, 6) is 0.781. The van der Waals surface area contributed by atoms with Crippen LogP contribution in [0.2, 0.25) is 0 Å². The Morgan fingerprint density at radius 3 is 2.94 bits per heavy atom. The summed E-state index contributed by atoms with van der Waals surface area (Å²) in [4.78, 5) is 0. The molecule has 17 heavy (non-hydrogen) atoms. The molecular formula is C11H17NO4S. The van der Waals surface area contributed by atoms with Crippen molar-refractivity contribution in [3.8, 4) is 0 Å². The van der Waals surface area contributed by atoms with Gasteiger partial charge < -0.3 is 9.15 Å². The Morgan fingerprint density at radius 1 is 1.53 bits per heavy atom. The number of hydrogen-bond acceptors (Lipinski definition) is 4. The summed E-state index contributed by atoms with van der Waals surface area (Å²) in [6.07, 6.45) is 2.48. The largest absolute Gasteiger partial charge is 0.469 e. The van der Waals surface area contributed by atoms with Crippen LogP contribution in [0.1, 0.15) is 19.1 Å². The lowest BCUT2D eigenvalue weighted by Gasteiger charge is -2.15. The van der Waals surface area contributed by atoms with Crippen molar-refractivity contribution in [1.82, 2.24) is 4.72 Å². The molecule has 0 aromatic carbocycles. The topological polar surface area (TPSA) is 68.5 Å². The molecule has 0 unspecified atom stereocenters. The van der Waals surface area contributed by atoms with E-state index in [9.17, 15) is 8.42 Å². The minimum Gasteiger partial charge on any atom is -0.469 e. The Bertz CT molecular complexity index is 440. The van der Waals surface area contributed by atoms with Crippen LogP contribution in [-0.4, -0.2) is 32.9 Å². The van der Waals surface area contributed by atoms with Crippen LogP contribution in [0.15, 0.2) is 22.8 Å². The first-order valence-corrected chi connectivity index (χ1v) is 7.27.